The van der Waals surface area contributed by atoms with Crippen LogP contribution in [0.3, 0.4) is 0 Å². The van der Waals surface area contributed by atoms with Crippen molar-refractivity contribution in [1.29, 1.82) is 0 Å². The van der Waals surface area contributed by atoms with Crippen molar-refractivity contribution in [2.75, 3.05) is 33.7 Å². The number of likely N-dealkylation sites (tertiary alicyclic amines) is 1. The second-order valence-electron chi connectivity index (χ2n) is 11.0. The Bertz CT molecular complexity index is 1200. The van der Waals surface area contributed by atoms with Crippen LogP contribution in [0.15, 0.2) is 30.3 Å². The van der Waals surface area contributed by atoms with Crippen LogP contribution in [-0.4, -0.2) is 59.4 Å². The van der Waals surface area contributed by atoms with Gasteiger partial charge in [-0.25, -0.2) is 0 Å². The summed E-state index contributed by atoms with van der Waals surface area (Å²) >= 11 is 0. The van der Waals surface area contributed by atoms with Crippen LogP contribution in [0.5, 0.6) is 0 Å². The van der Waals surface area contributed by atoms with Crippen LogP contribution in [0.2, 0.25) is 0 Å². The number of nitrogens with one attached hydrogen (secondary N) is 1. The monoisotopic (exact) mass is 458 g/mol. The zero-order valence-corrected chi connectivity index (χ0v) is 21.3. The van der Waals surface area contributed by atoms with E-state index in [-0.39, 0.29) is 5.91 Å². The van der Waals surface area contributed by atoms with Crippen molar-refractivity contribution in [3.05, 3.63) is 52.8 Å². The van der Waals surface area contributed by atoms with E-state index in [1.165, 1.54) is 51.8 Å². The quantitative estimate of drug-likeness (QED) is 0.507. The average Bonchev–Trinajstić information content (AvgIpc) is 3.57. The lowest BCUT2D eigenvalue weighted by Gasteiger charge is -2.33. The first kappa shape index (κ1) is 23.1. The average molecular weight is 459 g/mol. The van der Waals surface area contributed by atoms with Crippen LogP contribution in [-0.2, 0) is 4.79 Å². The van der Waals surface area contributed by atoms with Crippen LogP contribution in [0.25, 0.3) is 22.2 Å². The number of piperidine rings is 1. The summed E-state index contributed by atoms with van der Waals surface area (Å²) in [5.41, 5.74) is 8.89. The number of carbonyl (C=O) groups excluding carboxylic acids is 1. The summed E-state index contributed by atoms with van der Waals surface area (Å²) < 4.78 is 0. The van der Waals surface area contributed by atoms with Crippen molar-refractivity contribution in [1.82, 2.24) is 19.8 Å². The maximum absolute atomic E-state index is 12.5. The fourth-order valence-corrected chi connectivity index (χ4v) is 5.57. The van der Waals surface area contributed by atoms with E-state index in [1.807, 2.05) is 23.9 Å². The zero-order chi connectivity index (χ0) is 24.0. The number of likely N-dealkylation sites (N-methyl/N-ethyl adjacent to an activating group) is 1. The summed E-state index contributed by atoms with van der Waals surface area (Å²) in [4.78, 5) is 25.0. The Labute approximate surface area is 203 Å². The third-order valence-corrected chi connectivity index (χ3v) is 7.47. The molecule has 0 spiro atoms. The van der Waals surface area contributed by atoms with Crippen LogP contribution in [0.4, 0.5) is 0 Å². The Morgan fingerprint density at radius 2 is 1.82 bits per heavy atom. The molecule has 5 rings (SSSR count). The van der Waals surface area contributed by atoms with E-state index in [1.54, 1.807) is 0 Å². The highest BCUT2D eigenvalue weighted by Crippen LogP contribution is 2.42. The number of fused-ring (bicyclic) bond motifs is 1. The van der Waals surface area contributed by atoms with Gasteiger partial charge in [0.25, 0.3) is 0 Å². The minimum absolute atomic E-state index is 0.245. The van der Waals surface area contributed by atoms with Crippen LogP contribution < -0.4 is 0 Å². The van der Waals surface area contributed by atoms with E-state index in [2.05, 4.69) is 56.1 Å². The predicted octanol–water partition coefficient (Wildman–Crippen LogP) is 5.81. The predicted molar refractivity (Wildman–Crippen MR) is 139 cm³/mol. The molecule has 34 heavy (non-hydrogen) atoms. The molecule has 1 aliphatic carbocycles. The Balaban J connectivity index is 1.44. The molecule has 1 aromatic carbocycles. The van der Waals surface area contributed by atoms with Gasteiger partial charge in [0.05, 0.1) is 12.2 Å². The first-order valence-corrected chi connectivity index (χ1v) is 12.9. The molecule has 0 atom stereocenters. The molecule has 0 unspecified atom stereocenters. The minimum atomic E-state index is 0.245. The summed E-state index contributed by atoms with van der Waals surface area (Å²) in [6, 6.07) is 11.5. The molecule has 0 bridgehead atoms. The van der Waals surface area contributed by atoms with Crippen LogP contribution in [0, 0.1) is 6.92 Å². The lowest BCUT2D eigenvalue weighted by atomic mass is 9.87. The highest BCUT2D eigenvalue weighted by molar-refractivity contribution is 5.92. The molecular weight excluding hydrogens is 420 g/mol. The molecular formula is C29H38N4O. The standard InChI is InChI=1S/C29H38N4O/c1-18(2)28-24-15-22(20-10-12-33(13-11-20)27(34)17-32(4)5)8-9-25(24)31-29(28)23-14-19(3)30-26(16-23)21-6-7-21/h8-9,14-16,18,20-21,31H,6-7,10-13,17H2,1-5H3. The van der Waals surface area contributed by atoms with E-state index in [0.717, 1.165) is 31.6 Å². The van der Waals surface area contributed by atoms with Gasteiger partial charge in [-0.05, 0) is 93.9 Å². The summed E-state index contributed by atoms with van der Waals surface area (Å²) in [5.74, 6) is 1.82. The van der Waals surface area contributed by atoms with E-state index >= 15 is 0 Å². The van der Waals surface area contributed by atoms with Gasteiger partial charge < -0.3 is 14.8 Å². The van der Waals surface area contributed by atoms with Crippen LogP contribution in [0.1, 0.15) is 79.8 Å². The van der Waals surface area contributed by atoms with Crippen molar-refractivity contribution in [3.8, 4) is 11.3 Å². The number of hydrogen-bond acceptors (Lipinski definition) is 3. The number of carbonyl (C=O) groups is 1. The largest absolute Gasteiger partial charge is 0.354 e. The second kappa shape index (κ2) is 9.18. The maximum atomic E-state index is 12.5. The number of aryl methyl sites for hydroxylation is 1. The lowest BCUT2D eigenvalue weighted by molar-refractivity contribution is -0.132. The van der Waals surface area contributed by atoms with Gasteiger partial charge in [-0.15, -0.1) is 0 Å². The molecule has 3 aromatic rings. The van der Waals surface area contributed by atoms with Gasteiger partial charge in [0, 0.05) is 46.9 Å². The SMILES string of the molecule is Cc1cc(-c2[nH]c3ccc(C4CCN(C(=O)CN(C)C)CC4)cc3c2C(C)C)cc(C2CC2)n1. The number of hydrogen-bond donors (Lipinski definition) is 1. The lowest BCUT2D eigenvalue weighted by Crippen LogP contribution is -2.42. The zero-order valence-electron chi connectivity index (χ0n) is 21.3. The number of aromatic amines is 1. The van der Waals surface area contributed by atoms with E-state index in [4.69, 9.17) is 4.98 Å². The molecule has 1 saturated carbocycles. The molecule has 1 N–H and O–H groups in total. The minimum Gasteiger partial charge on any atom is -0.354 e. The number of H-pyrrole nitrogens is 1. The number of benzene rings is 1. The van der Waals surface area contributed by atoms with Gasteiger partial charge in [0.15, 0.2) is 0 Å². The van der Waals surface area contributed by atoms with Gasteiger partial charge in [0.2, 0.25) is 5.91 Å². The summed E-state index contributed by atoms with van der Waals surface area (Å²) in [7, 11) is 3.91. The number of pyridine rings is 1. The van der Waals surface area contributed by atoms with Gasteiger partial charge in [-0.1, -0.05) is 19.9 Å². The van der Waals surface area contributed by atoms with E-state index in [0.29, 0.717) is 24.3 Å². The van der Waals surface area contributed by atoms with E-state index < -0.39 is 0 Å². The molecule has 2 fully saturated rings. The maximum Gasteiger partial charge on any atom is 0.236 e. The third kappa shape index (κ3) is 4.63. The molecule has 1 saturated heterocycles. The summed E-state index contributed by atoms with van der Waals surface area (Å²) in [6.07, 6.45) is 4.60. The topological polar surface area (TPSA) is 52.2 Å². The van der Waals surface area contributed by atoms with Gasteiger partial charge in [-0.2, -0.15) is 0 Å². The first-order valence-electron chi connectivity index (χ1n) is 12.9. The molecule has 2 aromatic heterocycles. The van der Waals surface area contributed by atoms with Crippen molar-refractivity contribution >= 4 is 16.8 Å². The summed E-state index contributed by atoms with van der Waals surface area (Å²) in [6.45, 7) is 8.90. The molecule has 3 heterocycles. The van der Waals surface area contributed by atoms with Crippen molar-refractivity contribution < 1.29 is 4.79 Å². The molecule has 180 valence electrons. The van der Waals surface area contributed by atoms with Crippen molar-refractivity contribution in [2.24, 2.45) is 0 Å². The number of rotatable bonds is 6. The normalized spacial score (nSPS) is 17.3. The third-order valence-electron chi connectivity index (χ3n) is 7.47. The summed E-state index contributed by atoms with van der Waals surface area (Å²) in [5, 5.41) is 1.34. The molecule has 5 nitrogen and oxygen atoms in total. The smallest absolute Gasteiger partial charge is 0.236 e. The van der Waals surface area contributed by atoms with E-state index in [9.17, 15) is 4.79 Å². The highest BCUT2D eigenvalue weighted by atomic mass is 16.2. The Morgan fingerprint density at radius 1 is 1.09 bits per heavy atom. The Kier molecular flexibility index (Phi) is 6.24. The van der Waals surface area contributed by atoms with Crippen molar-refractivity contribution in [3.63, 3.8) is 0 Å². The van der Waals surface area contributed by atoms with Gasteiger partial charge in [-0.3, -0.25) is 9.78 Å². The highest BCUT2D eigenvalue weighted by Gasteiger charge is 2.27. The van der Waals surface area contributed by atoms with Gasteiger partial charge in [0.1, 0.15) is 0 Å². The fraction of sp³-hybridized carbons (Fsp3) is 0.517. The van der Waals surface area contributed by atoms with Crippen LogP contribution >= 0.6 is 0 Å². The number of aromatic nitrogens is 2. The second-order valence-corrected chi connectivity index (χ2v) is 11.0. The molecule has 1 amide bonds. The Hall–Kier alpha value is -2.66. The number of nitrogens with zero attached hydrogens (tertiary/aromatic N) is 3. The molecule has 0 radical (unpaired) electrons. The first-order chi connectivity index (χ1) is 16.3. The molecule has 2 aliphatic rings. The molecule has 1 aliphatic heterocycles. The number of amides is 1. The Morgan fingerprint density at radius 3 is 2.47 bits per heavy atom. The fourth-order valence-electron chi connectivity index (χ4n) is 5.57. The van der Waals surface area contributed by atoms with Gasteiger partial charge >= 0.3 is 0 Å². The molecule has 5 heteroatoms. The van der Waals surface area contributed by atoms with Crippen molar-refractivity contribution in [2.45, 2.75) is 64.2 Å².